The molecule has 0 radical (unpaired) electrons. The van der Waals surface area contributed by atoms with E-state index in [1.165, 1.54) is 0 Å². The van der Waals surface area contributed by atoms with Crippen molar-refractivity contribution in [2.24, 2.45) is 0 Å². The molecule has 0 amide bonds. The highest BCUT2D eigenvalue weighted by molar-refractivity contribution is 6.37. The fourth-order valence-corrected chi connectivity index (χ4v) is 3.49. The number of hydrogen-bond donors (Lipinski definition) is 1. The fraction of sp³-hybridized carbons (Fsp3) is 0.455. The molecule has 2 aromatic carbocycles. The minimum absolute atomic E-state index is 0.00790. The molecule has 4 nitrogen and oxygen atoms in total. The number of hydrogen-bond acceptors (Lipinski definition) is 4. The van der Waals surface area contributed by atoms with Crippen molar-refractivity contribution in [3.05, 3.63) is 57.6 Å². The molecule has 7 heteroatoms. The van der Waals surface area contributed by atoms with Crippen LogP contribution in [0.4, 0.5) is 0 Å². The zero-order chi connectivity index (χ0) is 21.2. The lowest BCUT2D eigenvalue weighted by atomic mass is 9.78. The van der Waals surface area contributed by atoms with E-state index in [2.05, 4.69) is 13.8 Å². The van der Waals surface area contributed by atoms with Crippen molar-refractivity contribution in [3.63, 3.8) is 0 Å². The van der Waals surface area contributed by atoms with Crippen LogP contribution >= 0.6 is 34.8 Å². The lowest BCUT2D eigenvalue weighted by molar-refractivity contribution is 0.0317. The summed E-state index contributed by atoms with van der Waals surface area (Å²) in [5.41, 5.74) is 0.537. The number of rotatable bonds is 9. The molecule has 0 bridgehead atoms. The molecule has 29 heavy (non-hydrogen) atoms. The van der Waals surface area contributed by atoms with Gasteiger partial charge in [0, 0.05) is 5.41 Å². The average molecular weight is 460 g/mol. The van der Waals surface area contributed by atoms with Crippen LogP contribution in [0.2, 0.25) is 10.0 Å². The van der Waals surface area contributed by atoms with Crippen LogP contribution in [0.5, 0.6) is 11.5 Å². The second-order valence-electron chi connectivity index (χ2n) is 8.10. The van der Waals surface area contributed by atoms with Crippen LogP contribution in [-0.2, 0) is 10.2 Å². The van der Waals surface area contributed by atoms with Gasteiger partial charge in [0.25, 0.3) is 0 Å². The summed E-state index contributed by atoms with van der Waals surface area (Å²) >= 11 is 18.6. The molecule has 1 fully saturated rings. The molecule has 1 unspecified atom stereocenters. The van der Waals surface area contributed by atoms with Gasteiger partial charge >= 0.3 is 0 Å². The van der Waals surface area contributed by atoms with E-state index in [9.17, 15) is 5.11 Å². The summed E-state index contributed by atoms with van der Waals surface area (Å²) in [5, 5.41) is 10.8. The highest BCUT2D eigenvalue weighted by atomic mass is 35.5. The Morgan fingerprint density at radius 2 is 1.62 bits per heavy atom. The standard InChI is InChI=1S/C22H25Cl3O4/c1-21(2,14-4-6-16(7-5-14)27-10-17-11-28-17)15-8-18(24)20(19(25)9-15)29-13-22(3,26)12-23/h4-9,17,26H,10-13H2,1-3H3/t17-,22?/m0/s1. The van der Waals surface area contributed by atoms with Gasteiger partial charge in [-0.25, -0.2) is 0 Å². The van der Waals surface area contributed by atoms with Gasteiger partial charge in [0.15, 0.2) is 5.75 Å². The first kappa shape index (κ1) is 22.5. The third-order valence-corrected chi connectivity index (χ3v) is 6.09. The quantitative estimate of drug-likeness (QED) is 0.399. The number of benzene rings is 2. The Balaban J connectivity index is 1.77. The van der Waals surface area contributed by atoms with E-state index in [1.807, 2.05) is 36.4 Å². The average Bonchev–Trinajstić information content (AvgIpc) is 3.50. The molecule has 158 valence electrons. The van der Waals surface area contributed by atoms with Gasteiger partial charge in [-0.15, -0.1) is 11.6 Å². The van der Waals surface area contributed by atoms with E-state index in [-0.39, 0.29) is 24.0 Å². The summed E-state index contributed by atoms with van der Waals surface area (Å²) in [7, 11) is 0. The van der Waals surface area contributed by atoms with Crippen LogP contribution in [0.1, 0.15) is 31.9 Å². The van der Waals surface area contributed by atoms with Crippen molar-refractivity contribution < 1.29 is 19.3 Å². The molecule has 1 aliphatic rings. The molecule has 0 aromatic heterocycles. The molecule has 3 rings (SSSR count). The summed E-state index contributed by atoms with van der Waals surface area (Å²) in [5.74, 6) is 1.19. The van der Waals surface area contributed by atoms with E-state index < -0.39 is 5.60 Å². The van der Waals surface area contributed by atoms with E-state index in [0.717, 1.165) is 23.5 Å². The Hall–Kier alpha value is -1.17. The monoisotopic (exact) mass is 458 g/mol. The Kier molecular flexibility index (Phi) is 6.91. The Morgan fingerprint density at radius 1 is 1.03 bits per heavy atom. The van der Waals surface area contributed by atoms with Crippen LogP contribution in [0, 0.1) is 0 Å². The van der Waals surface area contributed by atoms with Gasteiger partial charge in [0.2, 0.25) is 0 Å². The third-order valence-electron chi connectivity index (χ3n) is 4.95. The van der Waals surface area contributed by atoms with E-state index in [0.29, 0.717) is 22.4 Å². The molecule has 2 atom stereocenters. The van der Waals surface area contributed by atoms with Gasteiger partial charge in [-0.3, -0.25) is 0 Å². The zero-order valence-electron chi connectivity index (χ0n) is 16.7. The summed E-state index contributed by atoms with van der Waals surface area (Å²) in [6, 6.07) is 11.7. The predicted octanol–water partition coefficient (Wildman–Crippen LogP) is 5.47. The first-order valence-electron chi connectivity index (χ1n) is 9.38. The molecule has 0 saturated carbocycles. The number of alkyl halides is 1. The molecular weight excluding hydrogens is 435 g/mol. The maximum atomic E-state index is 10.0. The van der Waals surface area contributed by atoms with E-state index >= 15 is 0 Å². The maximum Gasteiger partial charge on any atom is 0.156 e. The SMILES string of the molecule is CC(O)(CCl)COc1c(Cl)cc(C(C)(C)c2ccc(OC[C@H]3CO3)cc2)cc1Cl. The summed E-state index contributed by atoms with van der Waals surface area (Å²) < 4.78 is 16.5. The number of epoxide rings is 1. The molecule has 1 saturated heterocycles. The van der Waals surface area contributed by atoms with Gasteiger partial charge in [-0.1, -0.05) is 49.2 Å². The van der Waals surface area contributed by atoms with Crippen molar-refractivity contribution in [1.29, 1.82) is 0 Å². The topological polar surface area (TPSA) is 51.2 Å². The van der Waals surface area contributed by atoms with Crippen molar-refractivity contribution in [2.75, 3.05) is 25.7 Å². The first-order valence-corrected chi connectivity index (χ1v) is 10.7. The van der Waals surface area contributed by atoms with E-state index in [4.69, 9.17) is 49.0 Å². The minimum atomic E-state index is -1.17. The largest absolute Gasteiger partial charge is 0.491 e. The van der Waals surface area contributed by atoms with Gasteiger partial charge in [0.05, 0.1) is 22.5 Å². The van der Waals surface area contributed by atoms with Crippen molar-refractivity contribution in [3.8, 4) is 11.5 Å². The fourth-order valence-electron chi connectivity index (χ4n) is 2.81. The zero-order valence-corrected chi connectivity index (χ0v) is 18.9. The number of aliphatic hydroxyl groups is 1. The van der Waals surface area contributed by atoms with Gasteiger partial charge < -0.3 is 19.3 Å². The number of ether oxygens (including phenoxy) is 3. The molecule has 1 aliphatic heterocycles. The number of halogens is 3. The third kappa shape index (κ3) is 5.71. The molecular formula is C22H25Cl3O4. The lowest BCUT2D eigenvalue weighted by Crippen LogP contribution is -2.34. The highest BCUT2D eigenvalue weighted by Gasteiger charge is 2.27. The smallest absolute Gasteiger partial charge is 0.156 e. The second kappa shape index (κ2) is 8.91. The van der Waals surface area contributed by atoms with Crippen molar-refractivity contribution in [2.45, 2.75) is 37.9 Å². The van der Waals surface area contributed by atoms with Crippen LogP contribution in [-0.4, -0.2) is 42.5 Å². The molecule has 0 spiro atoms. The second-order valence-corrected chi connectivity index (χ2v) is 9.19. The highest BCUT2D eigenvalue weighted by Crippen LogP contribution is 2.41. The van der Waals surface area contributed by atoms with Gasteiger partial charge in [0.1, 0.15) is 30.7 Å². The minimum Gasteiger partial charge on any atom is -0.491 e. The molecule has 2 aromatic rings. The first-order chi connectivity index (χ1) is 13.6. The molecule has 1 N–H and O–H groups in total. The summed E-state index contributed by atoms with van der Waals surface area (Å²) in [6.45, 7) is 7.13. The van der Waals surface area contributed by atoms with Crippen LogP contribution in [0.3, 0.4) is 0 Å². The van der Waals surface area contributed by atoms with Crippen molar-refractivity contribution >= 4 is 34.8 Å². The van der Waals surface area contributed by atoms with Crippen LogP contribution in [0.25, 0.3) is 0 Å². The summed E-state index contributed by atoms with van der Waals surface area (Å²) in [6.07, 6.45) is 0.226. The van der Waals surface area contributed by atoms with Crippen LogP contribution < -0.4 is 9.47 Å². The molecule has 0 aliphatic carbocycles. The Bertz CT molecular complexity index is 823. The summed E-state index contributed by atoms with van der Waals surface area (Å²) in [4.78, 5) is 0. The molecule has 1 heterocycles. The normalized spacial score (nSPS) is 18.2. The van der Waals surface area contributed by atoms with Gasteiger partial charge in [-0.2, -0.15) is 0 Å². The van der Waals surface area contributed by atoms with Crippen molar-refractivity contribution in [1.82, 2.24) is 0 Å². The van der Waals surface area contributed by atoms with Crippen LogP contribution in [0.15, 0.2) is 36.4 Å². The van der Waals surface area contributed by atoms with E-state index in [1.54, 1.807) is 6.92 Å². The Labute approximate surface area is 186 Å². The van der Waals surface area contributed by atoms with Gasteiger partial charge in [-0.05, 0) is 42.3 Å². The Morgan fingerprint density at radius 3 is 2.14 bits per heavy atom. The predicted molar refractivity (Wildman–Crippen MR) is 117 cm³/mol. The lowest BCUT2D eigenvalue weighted by Gasteiger charge is -2.28. The maximum absolute atomic E-state index is 10.0.